The van der Waals surface area contributed by atoms with E-state index >= 15 is 0 Å². The molecule has 0 bridgehead atoms. The second-order valence-corrected chi connectivity index (χ2v) is 12.3. The van der Waals surface area contributed by atoms with Crippen LogP contribution in [-0.2, 0) is 32.6 Å². The van der Waals surface area contributed by atoms with Crippen LogP contribution in [0.4, 0.5) is 5.69 Å². The summed E-state index contributed by atoms with van der Waals surface area (Å²) in [6.07, 6.45) is 1.24. The van der Waals surface area contributed by atoms with Gasteiger partial charge in [-0.3, -0.25) is 13.9 Å². The molecule has 38 heavy (non-hydrogen) atoms. The molecular formula is C27H28BrCl2N3O4S. The lowest BCUT2D eigenvalue weighted by atomic mass is 10.0. The van der Waals surface area contributed by atoms with Crippen molar-refractivity contribution in [3.63, 3.8) is 0 Å². The summed E-state index contributed by atoms with van der Waals surface area (Å²) in [6.45, 7) is 1.71. The van der Waals surface area contributed by atoms with Crippen LogP contribution in [0, 0.1) is 0 Å². The highest BCUT2D eigenvalue weighted by molar-refractivity contribution is 9.10. The van der Waals surface area contributed by atoms with E-state index in [0.717, 1.165) is 26.2 Å². The Kier molecular flexibility index (Phi) is 10.6. The Hall–Kier alpha value is -2.59. The maximum atomic E-state index is 13.9. The number of hydrogen-bond donors (Lipinski definition) is 1. The third-order valence-electron chi connectivity index (χ3n) is 5.68. The van der Waals surface area contributed by atoms with Gasteiger partial charge in [0.15, 0.2) is 0 Å². The Balaban J connectivity index is 2.06. The Morgan fingerprint density at radius 3 is 2.16 bits per heavy atom. The van der Waals surface area contributed by atoms with Crippen molar-refractivity contribution in [3.05, 3.63) is 98.4 Å². The Morgan fingerprint density at radius 1 is 0.947 bits per heavy atom. The van der Waals surface area contributed by atoms with Gasteiger partial charge < -0.3 is 10.2 Å². The largest absolute Gasteiger partial charge is 0.355 e. The van der Waals surface area contributed by atoms with Crippen LogP contribution in [0.3, 0.4) is 0 Å². The van der Waals surface area contributed by atoms with Gasteiger partial charge in [0.25, 0.3) is 0 Å². The van der Waals surface area contributed by atoms with Gasteiger partial charge in [-0.15, -0.1) is 0 Å². The first-order valence-corrected chi connectivity index (χ1v) is 15.2. The number of nitrogens with zero attached hydrogens (tertiary/aromatic N) is 2. The number of sulfonamides is 1. The molecule has 7 nitrogen and oxygen atoms in total. The molecule has 11 heteroatoms. The van der Waals surface area contributed by atoms with Gasteiger partial charge >= 0.3 is 0 Å². The lowest BCUT2D eigenvalue weighted by Gasteiger charge is -2.33. The third-order valence-corrected chi connectivity index (χ3v) is 7.75. The van der Waals surface area contributed by atoms with E-state index in [0.29, 0.717) is 6.54 Å². The number of benzene rings is 3. The van der Waals surface area contributed by atoms with Gasteiger partial charge in [-0.1, -0.05) is 81.6 Å². The van der Waals surface area contributed by atoms with Gasteiger partial charge in [-0.2, -0.15) is 0 Å². The fourth-order valence-corrected chi connectivity index (χ4v) is 5.77. The summed E-state index contributed by atoms with van der Waals surface area (Å²) in [7, 11) is -3.91. The van der Waals surface area contributed by atoms with Gasteiger partial charge in [-0.05, 0) is 48.4 Å². The van der Waals surface area contributed by atoms with Crippen LogP contribution in [0.5, 0.6) is 0 Å². The van der Waals surface area contributed by atoms with Crippen LogP contribution in [-0.4, -0.2) is 50.5 Å². The smallest absolute Gasteiger partial charge is 0.244 e. The van der Waals surface area contributed by atoms with Crippen LogP contribution in [0.15, 0.2) is 77.3 Å². The second kappa shape index (κ2) is 13.5. The number of halogens is 3. The summed E-state index contributed by atoms with van der Waals surface area (Å²) in [5, 5.41) is 3.27. The van der Waals surface area contributed by atoms with Gasteiger partial charge in [0, 0.05) is 34.0 Å². The molecule has 0 aliphatic rings. The van der Waals surface area contributed by atoms with E-state index in [4.69, 9.17) is 23.2 Å². The van der Waals surface area contributed by atoms with Crippen molar-refractivity contribution in [3.8, 4) is 0 Å². The van der Waals surface area contributed by atoms with Gasteiger partial charge in [-0.25, -0.2) is 8.42 Å². The molecule has 0 fully saturated rings. The zero-order valence-corrected chi connectivity index (χ0v) is 24.8. The van der Waals surface area contributed by atoms with Crippen LogP contribution >= 0.6 is 39.1 Å². The molecule has 0 aromatic heterocycles. The zero-order chi connectivity index (χ0) is 27.9. The first-order chi connectivity index (χ1) is 18.0. The minimum absolute atomic E-state index is 0.0841. The molecule has 0 aliphatic carbocycles. The monoisotopic (exact) mass is 639 g/mol. The molecular weight excluding hydrogens is 613 g/mol. The van der Waals surface area contributed by atoms with Crippen molar-refractivity contribution in [2.75, 3.05) is 23.7 Å². The van der Waals surface area contributed by atoms with E-state index in [1.165, 1.54) is 23.1 Å². The molecule has 0 aliphatic heterocycles. The maximum Gasteiger partial charge on any atom is 0.244 e. The summed E-state index contributed by atoms with van der Waals surface area (Å²) in [6, 6.07) is 20.1. The van der Waals surface area contributed by atoms with E-state index in [-0.39, 0.29) is 34.6 Å². The highest BCUT2D eigenvalue weighted by Crippen LogP contribution is 2.27. The van der Waals surface area contributed by atoms with Crippen LogP contribution < -0.4 is 9.62 Å². The summed E-state index contributed by atoms with van der Waals surface area (Å²) < 4.78 is 27.3. The second-order valence-electron chi connectivity index (χ2n) is 8.65. The molecule has 0 saturated heterocycles. The van der Waals surface area contributed by atoms with Gasteiger partial charge in [0.2, 0.25) is 21.8 Å². The predicted octanol–water partition coefficient (Wildman–Crippen LogP) is 5.30. The molecule has 2 amide bonds. The lowest BCUT2D eigenvalue weighted by Crippen LogP contribution is -2.53. The highest BCUT2D eigenvalue weighted by atomic mass is 79.9. The standard InChI is InChI=1S/C27H28BrCl2N3O4S/c1-3-31-27(35)25(13-19-8-5-4-6-9-19)32(17-20-10-7-11-21(28)12-20)26(34)18-33(38(2,36)37)24-15-22(29)14-23(30)16-24/h4-12,14-16,25H,3,13,17-18H2,1-2H3,(H,31,35)/t25-/m0/s1. The van der Waals surface area contributed by atoms with Crippen molar-refractivity contribution in [1.29, 1.82) is 0 Å². The highest BCUT2D eigenvalue weighted by Gasteiger charge is 2.33. The van der Waals surface area contributed by atoms with Crippen molar-refractivity contribution in [2.24, 2.45) is 0 Å². The number of likely N-dealkylation sites (N-methyl/N-ethyl adjacent to an activating group) is 1. The maximum absolute atomic E-state index is 13.9. The molecule has 0 saturated carbocycles. The Morgan fingerprint density at radius 2 is 1.58 bits per heavy atom. The Bertz CT molecular complexity index is 1370. The number of carbonyl (C=O) groups excluding carboxylic acids is 2. The summed E-state index contributed by atoms with van der Waals surface area (Å²) in [5.41, 5.74) is 1.78. The minimum atomic E-state index is -3.91. The molecule has 1 N–H and O–H groups in total. The molecule has 3 aromatic carbocycles. The SMILES string of the molecule is CCNC(=O)[C@H](Cc1ccccc1)N(Cc1cccc(Br)c1)C(=O)CN(c1cc(Cl)cc(Cl)c1)S(C)(=O)=O. The topological polar surface area (TPSA) is 86.8 Å². The fourth-order valence-electron chi connectivity index (χ4n) is 3.97. The summed E-state index contributed by atoms with van der Waals surface area (Å²) >= 11 is 15.7. The van der Waals surface area contributed by atoms with Crippen LogP contribution in [0.2, 0.25) is 10.0 Å². The third kappa shape index (κ3) is 8.46. The first-order valence-electron chi connectivity index (χ1n) is 11.8. The van der Waals surface area contributed by atoms with Gasteiger partial charge in [0.1, 0.15) is 12.6 Å². The molecule has 202 valence electrons. The molecule has 3 aromatic rings. The van der Waals surface area contributed by atoms with Crippen molar-refractivity contribution < 1.29 is 18.0 Å². The molecule has 1 atom stereocenters. The average molecular weight is 641 g/mol. The quantitative estimate of drug-likeness (QED) is 0.308. The van der Waals surface area contributed by atoms with Gasteiger partial charge in [0.05, 0.1) is 11.9 Å². The molecule has 0 unspecified atom stereocenters. The number of carbonyl (C=O) groups is 2. The van der Waals surface area contributed by atoms with Crippen molar-refractivity contribution in [2.45, 2.75) is 25.9 Å². The van der Waals surface area contributed by atoms with E-state index in [1.54, 1.807) is 6.92 Å². The zero-order valence-electron chi connectivity index (χ0n) is 20.9. The van der Waals surface area contributed by atoms with Crippen LogP contribution in [0.25, 0.3) is 0 Å². The fraction of sp³-hybridized carbons (Fsp3) is 0.259. The summed E-state index contributed by atoms with van der Waals surface area (Å²) in [4.78, 5) is 28.7. The number of hydrogen-bond acceptors (Lipinski definition) is 4. The molecule has 3 rings (SSSR count). The molecule has 0 heterocycles. The van der Waals surface area contributed by atoms with E-state index in [2.05, 4.69) is 21.2 Å². The first kappa shape index (κ1) is 30.0. The van der Waals surface area contributed by atoms with E-state index in [1.807, 2.05) is 54.6 Å². The number of rotatable bonds is 11. The number of nitrogens with one attached hydrogen (secondary N) is 1. The van der Waals surface area contributed by atoms with Crippen molar-refractivity contribution in [1.82, 2.24) is 10.2 Å². The number of anilines is 1. The average Bonchev–Trinajstić information content (AvgIpc) is 2.84. The predicted molar refractivity (Wildman–Crippen MR) is 156 cm³/mol. The normalized spacial score (nSPS) is 12.0. The van der Waals surface area contributed by atoms with E-state index < -0.39 is 28.5 Å². The summed E-state index contributed by atoms with van der Waals surface area (Å²) in [5.74, 6) is -0.893. The molecule has 0 spiro atoms. The Labute approximate surface area is 241 Å². The van der Waals surface area contributed by atoms with Crippen LogP contribution in [0.1, 0.15) is 18.1 Å². The van der Waals surface area contributed by atoms with Crippen molar-refractivity contribution >= 4 is 66.7 Å². The number of amides is 2. The molecule has 0 radical (unpaired) electrons. The lowest BCUT2D eigenvalue weighted by molar-refractivity contribution is -0.140. The van der Waals surface area contributed by atoms with E-state index in [9.17, 15) is 18.0 Å². The minimum Gasteiger partial charge on any atom is -0.355 e.